The van der Waals surface area contributed by atoms with Crippen LogP contribution >= 0.6 is 0 Å². The van der Waals surface area contributed by atoms with Crippen LogP contribution in [0.25, 0.3) is 11.0 Å². The average Bonchev–Trinajstić information content (AvgIpc) is 2.50. The molecule has 2 rings (SSSR count). The summed E-state index contributed by atoms with van der Waals surface area (Å²) in [7, 11) is 0. The molecule has 0 unspecified atom stereocenters. The fourth-order valence-electron chi connectivity index (χ4n) is 2.64. The van der Waals surface area contributed by atoms with Crippen LogP contribution in [-0.2, 0) is 0 Å². The summed E-state index contributed by atoms with van der Waals surface area (Å²) in [5.74, 6) is 0.285. The van der Waals surface area contributed by atoms with Crippen LogP contribution in [0.3, 0.4) is 0 Å². The van der Waals surface area contributed by atoms with Gasteiger partial charge in [0, 0.05) is 18.0 Å². The zero-order valence-electron chi connectivity index (χ0n) is 14.1. The molecule has 1 heterocycles. The van der Waals surface area contributed by atoms with Crippen molar-refractivity contribution < 1.29 is 13.9 Å². The molecule has 124 valence electrons. The van der Waals surface area contributed by atoms with Gasteiger partial charge in [-0.1, -0.05) is 13.8 Å². The van der Waals surface area contributed by atoms with Crippen LogP contribution in [0.4, 0.5) is 0 Å². The topological polar surface area (TPSA) is 59.8 Å². The first-order valence-corrected chi connectivity index (χ1v) is 7.91. The second-order valence-corrected chi connectivity index (χ2v) is 5.50. The number of hydrogen-bond donors (Lipinski definition) is 0. The predicted octanol–water partition coefficient (Wildman–Crippen LogP) is 3.02. The van der Waals surface area contributed by atoms with E-state index in [1.165, 1.54) is 13.0 Å². The average molecular weight is 317 g/mol. The molecule has 0 fully saturated rings. The Kier molecular flexibility index (Phi) is 5.55. The van der Waals surface area contributed by atoms with Crippen LogP contribution in [0.2, 0.25) is 0 Å². The summed E-state index contributed by atoms with van der Waals surface area (Å²) < 4.78 is 11.1. The molecule has 5 heteroatoms. The van der Waals surface area contributed by atoms with E-state index in [2.05, 4.69) is 18.7 Å². The highest BCUT2D eigenvalue weighted by atomic mass is 16.5. The summed E-state index contributed by atoms with van der Waals surface area (Å²) in [6.07, 6.45) is 0. The van der Waals surface area contributed by atoms with Crippen molar-refractivity contribution in [2.75, 3.05) is 26.2 Å². The molecule has 0 aliphatic carbocycles. The van der Waals surface area contributed by atoms with E-state index < -0.39 is 5.63 Å². The van der Waals surface area contributed by atoms with Gasteiger partial charge in [-0.25, -0.2) is 4.79 Å². The molecule has 1 aromatic heterocycles. The fourth-order valence-corrected chi connectivity index (χ4v) is 2.64. The van der Waals surface area contributed by atoms with E-state index in [0.717, 1.165) is 30.6 Å². The number of ether oxygens (including phenoxy) is 1. The first-order chi connectivity index (χ1) is 11.0. The van der Waals surface area contributed by atoms with Crippen molar-refractivity contribution in [1.82, 2.24) is 4.90 Å². The highest BCUT2D eigenvalue weighted by Gasteiger charge is 2.17. The van der Waals surface area contributed by atoms with Gasteiger partial charge in [0.2, 0.25) is 0 Å². The van der Waals surface area contributed by atoms with Gasteiger partial charge in [0.25, 0.3) is 0 Å². The van der Waals surface area contributed by atoms with E-state index >= 15 is 0 Å². The zero-order valence-corrected chi connectivity index (χ0v) is 14.1. The number of carbonyl (C=O) groups is 1. The molecule has 0 atom stereocenters. The standard InChI is InChI=1S/C18H23NO4/c1-5-19(6-2)9-10-22-15-8-7-14-12(3)11-16(21)23-18(14)17(15)13(4)20/h7-8,11H,5-6,9-10H2,1-4H3. The van der Waals surface area contributed by atoms with Crippen LogP contribution < -0.4 is 10.4 Å². The third kappa shape index (κ3) is 3.79. The second-order valence-electron chi connectivity index (χ2n) is 5.50. The smallest absolute Gasteiger partial charge is 0.336 e. The number of carbonyl (C=O) groups excluding carboxylic acids is 1. The van der Waals surface area contributed by atoms with Crippen molar-refractivity contribution in [2.24, 2.45) is 0 Å². The Hall–Kier alpha value is -2.14. The largest absolute Gasteiger partial charge is 0.491 e. The number of rotatable bonds is 7. The van der Waals surface area contributed by atoms with Crippen LogP contribution in [0.1, 0.15) is 36.7 Å². The van der Waals surface area contributed by atoms with E-state index in [9.17, 15) is 9.59 Å². The summed E-state index contributed by atoms with van der Waals surface area (Å²) in [5.41, 5.74) is 0.969. The van der Waals surface area contributed by atoms with Crippen molar-refractivity contribution in [2.45, 2.75) is 27.7 Å². The molecule has 0 bridgehead atoms. The Labute approximate surface area is 135 Å². The number of ketones is 1. The van der Waals surface area contributed by atoms with E-state index in [4.69, 9.17) is 9.15 Å². The quantitative estimate of drug-likeness (QED) is 0.580. The van der Waals surface area contributed by atoms with Crippen molar-refractivity contribution in [3.63, 3.8) is 0 Å². The van der Waals surface area contributed by atoms with Crippen LogP contribution in [0, 0.1) is 6.92 Å². The zero-order chi connectivity index (χ0) is 17.0. The number of likely N-dealkylation sites (N-methyl/N-ethyl adjacent to an activating group) is 1. The first kappa shape index (κ1) is 17.2. The molecular weight excluding hydrogens is 294 g/mol. The monoisotopic (exact) mass is 317 g/mol. The van der Waals surface area contributed by atoms with Gasteiger partial charge >= 0.3 is 5.63 Å². The minimum Gasteiger partial charge on any atom is -0.491 e. The summed E-state index contributed by atoms with van der Waals surface area (Å²) in [6.45, 7) is 10.6. The highest BCUT2D eigenvalue weighted by molar-refractivity contribution is 6.07. The molecule has 0 aliphatic heterocycles. The maximum absolute atomic E-state index is 12.1. The Morgan fingerprint density at radius 1 is 1.26 bits per heavy atom. The van der Waals surface area contributed by atoms with Gasteiger partial charge in [0.05, 0.1) is 0 Å². The van der Waals surface area contributed by atoms with E-state index in [1.54, 1.807) is 6.07 Å². The van der Waals surface area contributed by atoms with Gasteiger partial charge in [0.15, 0.2) is 11.4 Å². The number of aryl methyl sites for hydroxylation is 1. The highest BCUT2D eigenvalue weighted by Crippen LogP contribution is 2.29. The minimum absolute atomic E-state index is 0.179. The summed E-state index contributed by atoms with van der Waals surface area (Å²) in [6, 6.07) is 5.02. The van der Waals surface area contributed by atoms with Crippen LogP contribution in [0.5, 0.6) is 5.75 Å². The van der Waals surface area contributed by atoms with Gasteiger partial charge in [-0.15, -0.1) is 0 Å². The fraction of sp³-hybridized carbons (Fsp3) is 0.444. The molecule has 0 aliphatic rings. The molecule has 0 amide bonds. The summed E-state index contributed by atoms with van der Waals surface area (Å²) in [5, 5.41) is 0.755. The van der Waals surface area contributed by atoms with E-state index in [0.29, 0.717) is 23.5 Å². The maximum atomic E-state index is 12.1. The molecule has 1 aromatic carbocycles. The van der Waals surface area contributed by atoms with Crippen molar-refractivity contribution in [3.8, 4) is 5.75 Å². The van der Waals surface area contributed by atoms with E-state index in [-0.39, 0.29) is 5.78 Å². The summed E-state index contributed by atoms with van der Waals surface area (Å²) >= 11 is 0. The Morgan fingerprint density at radius 2 is 1.96 bits per heavy atom. The third-order valence-corrected chi connectivity index (χ3v) is 3.99. The molecule has 0 saturated carbocycles. The number of hydrogen-bond acceptors (Lipinski definition) is 5. The molecule has 23 heavy (non-hydrogen) atoms. The molecule has 0 N–H and O–H groups in total. The SMILES string of the molecule is CCN(CC)CCOc1ccc2c(C)cc(=O)oc2c1C(C)=O. The lowest BCUT2D eigenvalue weighted by Crippen LogP contribution is -2.28. The lowest BCUT2D eigenvalue weighted by Gasteiger charge is -2.19. The Balaban J connectivity index is 2.38. The number of fused-ring (bicyclic) bond motifs is 1. The molecule has 2 aromatic rings. The van der Waals surface area contributed by atoms with Gasteiger partial charge in [-0.2, -0.15) is 0 Å². The van der Waals surface area contributed by atoms with Gasteiger partial charge in [0.1, 0.15) is 17.9 Å². The molecule has 0 spiro atoms. The van der Waals surface area contributed by atoms with Gasteiger partial charge in [-0.05, 0) is 44.6 Å². The van der Waals surface area contributed by atoms with Gasteiger partial charge in [-0.3, -0.25) is 4.79 Å². The molecular formula is C18H23NO4. The van der Waals surface area contributed by atoms with Crippen molar-refractivity contribution in [3.05, 3.63) is 39.7 Å². The molecule has 5 nitrogen and oxygen atoms in total. The maximum Gasteiger partial charge on any atom is 0.336 e. The van der Waals surface area contributed by atoms with E-state index in [1.807, 2.05) is 13.0 Å². The number of nitrogens with zero attached hydrogens (tertiary/aromatic N) is 1. The normalized spacial score (nSPS) is 11.2. The Morgan fingerprint density at radius 3 is 2.57 bits per heavy atom. The number of Topliss-reactive ketones (excluding diaryl/α,β-unsaturated/α-hetero) is 1. The lowest BCUT2D eigenvalue weighted by molar-refractivity contribution is 0.101. The van der Waals surface area contributed by atoms with Gasteiger partial charge < -0.3 is 14.1 Å². The van der Waals surface area contributed by atoms with Crippen molar-refractivity contribution in [1.29, 1.82) is 0 Å². The molecule has 0 saturated heterocycles. The number of benzene rings is 1. The first-order valence-electron chi connectivity index (χ1n) is 7.91. The summed E-state index contributed by atoms with van der Waals surface area (Å²) in [4.78, 5) is 25.9. The Bertz CT molecular complexity index is 759. The third-order valence-electron chi connectivity index (χ3n) is 3.99. The van der Waals surface area contributed by atoms with Crippen molar-refractivity contribution >= 4 is 16.8 Å². The molecule has 0 radical (unpaired) electrons. The minimum atomic E-state index is -0.460. The van der Waals surface area contributed by atoms with Crippen LogP contribution in [0.15, 0.2) is 27.4 Å². The second kappa shape index (κ2) is 7.42. The van der Waals surface area contributed by atoms with Crippen LogP contribution in [-0.4, -0.2) is 36.9 Å². The lowest BCUT2D eigenvalue weighted by atomic mass is 10.0. The predicted molar refractivity (Wildman–Crippen MR) is 90.5 cm³/mol.